The van der Waals surface area contributed by atoms with Gasteiger partial charge in [-0.25, -0.2) is 4.68 Å². The van der Waals surface area contributed by atoms with Crippen molar-refractivity contribution in [3.8, 4) is 17.2 Å². The van der Waals surface area contributed by atoms with Gasteiger partial charge < -0.3 is 19.5 Å². The van der Waals surface area contributed by atoms with Crippen LogP contribution in [0.5, 0.6) is 17.2 Å². The molecule has 1 N–H and O–H groups in total. The number of hydrogen-bond donors (Lipinski definition) is 1. The van der Waals surface area contributed by atoms with E-state index in [4.69, 9.17) is 14.2 Å². The van der Waals surface area contributed by atoms with Crippen molar-refractivity contribution in [2.75, 3.05) is 25.6 Å². The van der Waals surface area contributed by atoms with Crippen LogP contribution in [0, 0.1) is 6.92 Å². The van der Waals surface area contributed by atoms with E-state index in [2.05, 4.69) is 34.5 Å². The van der Waals surface area contributed by atoms with Crippen molar-refractivity contribution < 1.29 is 14.2 Å². The van der Waals surface area contributed by atoms with E-state index < -0.39 is 0 Å². The summed E-state index contributed by atoms with van der Waals surface area (Å²) in [6.07, 6.45) is 1.57. The van der Waals surface area contributed by atoms with Gasteiger partial charge in [-0.2, -0.15) is 10.1 Å². The van der Waals surface area contributed by atoms with Crippen LogP contribution >= 0.6 is 0 Å². The van der Waals surface area contributed by atoms with Crippen LogP contribution in [-0.2, 0) is 0 Å². The first-order valence-electron chi connectivity index (χ1n) is 9.63. The van der Waals surface area contributed by atoms with Crippen LogP contribution in [0.4, 0.5) is 5.95 Å². The standard InChI is InChI=1S/C22H22N4O3/c1-4-28-18-8-6-14(10-19(18)27-3)21-16-11-29-17-7-5-13(2)9-15(17)20(16)25-22-23-12-24-26(21)22/h5-10,12,21H,4,11H2,1-3H3,(H,23,24,25)/t21-/m1/s1. The Bertz CT molecular complexity index is 1120. The molecule has 0 spiro atoms. The Labute approximate surface area is 168 Å². The van der Waals surface area contributed by atoms with E-state index in [0.29, 0.717) is 24.9 Å². The second-order valence-corrected chi connectivity index (χ2v) is 7.09. The lowest BCUT2D eigenvalue weighted by Gasteiger charge is -2.34. The van der Waals surface area contributed by atoms with Crippen LogP contribution < -0.4 is 19.5 Å². The quantitative estimate of drug-likeness (QED) is 0.730. The van der Waals surface area contributed by atoms with Crippen LogP contribution in [0.15, 0.2) is 48.3 Å². The molecule has 0 saturated carbocycles. The van der Waals surface area contributed by atoms with Gasteiger partial charge >= 0.3 is 0 Å². The van der Waals surface area contributed by atoms with Crippen molar-refractivity contribution in [2.24, 2.45) is 0 Å². The van der Waals surface area contributed by atoms with Gasteiger partial charge in [0, 0.05) is 11.1 Å². The number of hydrogen-bond acceptors (Lipinski definition) is 6. The molecular weight excluding hydrogens is 368 g/mol. The number of benzene rings is 2. The zero-order valence-corrected chi connectivity index (χ0v) is 16.6. The molecule has 3 aromatic rings. The highest BCUT2D eigenvalue weighted by Crippen LogP contribution is 2.44. The third-order valence-electron chi connectivity index (χ3n) is 5.30. The highest BCUT2D eigenvalue weighted by molar-refractivity contribution is 5.84. The largest absolute Gasteiger partial charge is 0.493 e. The van der Waals surface area contributed by atoms with Gasteiger partial charge in [0.2, 0.25) is 5.95 Å². The van der Waals surface area contributed by atoms with E-state index in [1.54, 1.807) is 13.4 Å². The maximum atomic E-state index is 6.09. The van der Waals surface area contributed by atoms with Crippen molar-refractivity contribution in [2.45, 2.75) is 19.9 Å². The van der Waals surface area contributed by atoms with Gasteiger partial charge in [-0.15, -0.1) is 0 Å². The Morgan fingerprint density at radius 3 is 2.93 bits per heavy atom. The number of nitrogens with zero attached hydrogens (tertiary/aromatic N) is 3. The van der Waals surface area contributed by atoms with Crippen LogP contribution in [0.3, 0.4) is 0 Å². The molecule has 7 heteroatoms. The smallest absolute Gasteiger partial charge is 0.226 e. The average molecular weight is 390 g/mol. The average Bonchev–Trinajstić information content (AvgIpc) is 3.21. The van der Waals surface area contributed by atoms with E-state index >= 15 is 0 Å². The molecule has 7 nitrogen and oxygen atoms in total. The number of methoxy groups -OCH3 is 1. The topological polar surface area (TPSA) is 70.4 Å². The monoisotopic (exact) mass is 390 g/mol. The minimum absolute atomic E-state index is 0.151. The lowest BCUT2D eigenvalue weighted by molar-refractivity contribution is 0.309. The second kappa shape index (κ2) is 6.84. The first-order valence-corrected chi connectivity index (χ1v) is 9.63. The van der Waals surface area contributed by atoms with Crippen LogP contribution in [0.2, 0.25) is 0 Å². The van der Waals surface area contributed by atoms with Crippen LogP contribution in [0.1, 0.15) is 29.7 Å². The number of rotatable bonds is 4. The number of fused-ring (bicyclic) bond motifs is 3. The number of ether oxygens (including phenoxy) is 3. The van der Waals surface area contributed by atoms with E-state index in [1.165, 1.54) is 5.56 Å². The maximum Gasteiger partial charge on any atom is 0.226 e. The third-order valence-corrected chi connectivity index (χ3v) is 5.30. The van der Waals surface area contributed by atoms with Crippen LogP contribution in [-0.4, -0.2) is 35.1 Å². The molecule has 0 saturated heterocycles. The molecule has 0 fully saturated rings. The van der Waals surface area contributed by atoms with Gasteiger partial charge in [0.15, 0.2) is 11.5 Å². The Hall–Kier alpha value is -3.48. The fourth-order valence-corrected chi connectivity index (χ4v) is 3.99. The molecule has 29 heavy (non-hydrogen) atoms. The van der Waals surface area contributed by atoms with Gasteiger partial charge in [-0.3, -0.25) is 0 Å². The summed E-state index contributed by atoms with van der Waals surface area (Å²) in [4.78, 5) is 4.42. The molecule has 0 amide bonds. The molecule has 2 aliphatic heterocycles. The van der Waals surface area contributed by atoms with E-state index in [-0.39, 0.29) is 6.04 Å². The highest BCUT2D eigenvalue weighted by atomic mass is 16.5. The summed E-state index contributed by atoms with van der Waals surface area (Å²) in [5.41, 5.74) is 5.39. The van der Waals surface area contributed by atoms with E-state index in [0.717, 1.165) is 33.9 Å². The van der Waals surface area contributed by atoms with E-state index in [1.807, 2.05) is 35.9 Å². The number of anilines is 1. The summed E-state index contributed by atoms with van der Waals surface area (Å²) < 4.78 is 19.2. The predicted octanol–water partition coefficient (Wildman–Crippen LogP) is 3.81. The Balaban J connectivity index is 1.68. The molecule has 5 rings (SSSR count). The molecule has 3 heterocycles. The Morgan fingerprint density at radius 2 is 2.10 bits per heavy atom. The third kappa shape index (κ3) is 2.81. The van der Waals surface area contributed by atoms with Crippen molar-refractivity contribution in [3.63, 3.8) is 0 Å². The van der Waals surface area contributed by atoms with E-state index in [9.17, 15) is 0 Å². The highest BCUT2D eigenvalue weighted by Gasteiger charge is 2.35. The first kappa shape index (κ1) is 17.6. The molecule has 0 aliphatic carbocycles. The van der Waals surface area contributed by atoms with Crippen molar-refractivity contribution >= 4 is 11.6 Å². The summed E-state index contributed by atoms with van der Waals surface area (Å²) in [6, 6.07) is 12.1. The molecule has 0 bridgehead atoms. The summed E-state index contributed by atoms with van der Waals surface area (Å²) in [7, 11) is 1.65. The van der Waals surface area contributed by atoms with Gasteiger partial charge in [-0.05, 0) is 43.7 Å². The predicted molar refractivity (Wildman–Crippen MR) is 110 cm³/mol. The summed E-state index contributed by atoms with van der Waals surface area (Å²) >= 11 is 0. The lowest BCUT2D eigenvalue weighted by Crippen LogP contribution is -2.30. The van der Waals surface area contributed by atoms with Crippen LogP contribution in [0.25, 0.3) is 5.70 Å². The zero-order valence-electron chi connectivity index (χ0n) is 16.6. The molecular formula is C22H22N4O3. The molecule has 0 unspecified atom stereocenters. The fraction of sp³-hybridized carbons (Fsp3) is 0.273. The Morgan fingerprint density at radius 1 is 1.21 bits per heavy atom. The minimum atomic E-state index is -0.151. The lowest BCUT2D eigenvalue weighted by atomic mass is 9.91. The zero-order chi connectivity index (χ0) is 20.0. The molecule has 2 aliphatic rings. The van der Waals surface area contributed by atoms with Gasteiger partial charge in [-0.1, -0.05) is 17.7 Å². The number of nitrogens with one attached hydrogen (secondary N) is 1. The molecule has 1 atom stereocenters. The summed E-state index contributed by atoms with van der Waals surface area (Å²) in [5, 5.41) is 7.93. The summed E-state index contributed by atoms with van der Waals surface area (Å²) in [5.74, 6) is 3.00. The molecule has 2 aromatic carbocycles. The van der Waals surface area contributed by atoms with Crippen molar-refractivity contribution in [1.29, 1.82) is 0 Å². The maximum absolute atomic E-state index is 6.09. The first-order chi connectivity index (χ1) is 14.2. The summed E-state index contributed by atoms with van der Waals surface area (Å²) in [6.45, 7) is 5.08. The minimum Gasteiger partial charge on any atom is -0.493 e. The normalized spacial score (nSPS) is 16.9. The Kier molecular flexibility index (Phi) is 4.16. The van der Waals surface area contributed by atoms with Gasteiger partial charge in [0.1, 0.15) is 24.7 Å². The number of aromatic nitrogens is 3. The van der Waals surface area contributed by atoms with Gasteiger partial charge in [0.05, 0.1) is 19.4 Å². The van der Waals surface area contributed by atoms with Gasteiger partial charge in [0.25, 0.3) is 0 Å². The van der Waals surface area contributed by atoms with Crippen molar-refractivity contribution in [3.05, 3.63) is 65.0 Å². The molecule has 1 aromatic heterocycles. The fourth-order valence-electron chi connectivity index (χ4n) is 3.99. The van der Waals surface area contributed by atoms with Crippen molar-refractivity contribution in [1.82, 2.24) is 14.8 Å². The SMILES string of the molecule is CCOc1ccc([C@@H]2C3=C(Nc4ncnn42)c2cc(C)ccc2OC3)cc1OC. The second-order valence-electron chi connectivity index (χ2n) is 7.09. The molecule has 148 valence electrons. The number of aryl methyl sites for hydroxylation is 1. The molecule has 0 radical (unpaired) electrons.